The quantitative estimate of drug-likeness (QED) is 0.897. The minimum atomic E-state index is 0.111. The molecule has 4 heteroatoms. The topological polar surface area (TPSA) is 45.6 Å². The molecule has 0 saturated heterocycles. The first kappa shape index (κ1) is 13.6. The maximum absolute atomic E-state index is 9.23. The van der Waals surface area contributed by atoms with E-state index >= 15 is 0 Å². The number of benzene rings is 1. The van der Waals surface area contributed by atoms with E-state index in [9.17, 15) is 5.11 Å². The lowest BCUT2D eigenvalue weighted by molar-refractivity contribution is 0.299. The van der Waals surface area contributed by atoms with E-state index in [0.29, 0.717) is 6.54 Å². The number of hydrogen-bond donors (Lipinski definition) is 1. The van der Waals surface area contributed by atoms with Gasteiger partial charge in [-0.15, -0.1) is 0 Å². The van der Waals surface area contributed by atoms with E-state index < -0.39 is 0 Å². The highest BCUT2D eigenvalue weighted by Gasteiger charge is 2.15. The van der Waals surface area contributed by atoms with Gasteiger partial charge in [-0.05, 0) is 26.0 Å². The second-order valence-corrected chi connectivity index (χ2v) is 4.70. The third kappa shape index (κ3) is 2.63. The molecule has 0 aliphatic heterocycles. The van der Waals surface area contributed by atoms with Gasteiger partial charge in [0.05, 0.1) is 13.7 Å². The molecule has 0 unspecified atom stereocenters. The molecule has 2 rings (SSSR count). The van der Waals surface area contributed by atoms with Crippen LogP contribution in [0.2, 0.25) is 0 Å². The van der Waals surface area contributed by atoms with Crippen LogP contribution in [-0.2, 0) is 0 Å². The van der Waals surface area contributed by atoms with Crippen molar-refractivity contribution >= 4 is 16.6 Å². The molecule has 1 aromatic heterocycles. The number of rotatable bonds is 5. The molecule has 0 spiro atoms. The van der Waals surface area contributed by atoms with Crippen molar-refractivity contribution in [2.45, 2.75) is 19.9 Å². The SMILES string of the molecule is COc1cccc2c(N(CCO)C(C)C)nccc12. The maximum Gasteiger partial charge on any atom is 0.136 e. The third-order valence-corrected chi connectivity index (χ3v) is 3.20. The van der Waals surface area contributed by atoms with Crippen LogP contribution in [0.3, 0.4) is 0 Å². The van der Waals surface area contributed by atoms with Gasteiger partial charge in [-0.1, -0.05) is 12.1 Å². The van der Waals surface area contributed by atoms with Gasteiger partial charge in [-0.3, -0.25) is 0 Å². The predicted molar refractivity (Wildman–Crippen MR) is 77.9 cm³/mol. The summed E-state index contributed by atoms with van der Waals surface area (Å²) in [6, 6.07) is 8.17. The van der Waals surface area contributed by atoms with E-state index in [4.69, 9.17) is 4.74 Å². The van der Waals surface area contributed by atoms with Gasteiger partial charge in [0.1, 0.15) is 11.6 Å². The first-order valence-electron chi connectivity index (χ1n) is 6.48. The molecule has 0 atom stereocenters. The number of nitrogens with zero attached hydrogens (tertiary/aromatic N) is 2. The Morgan fingerprint density at radius 3 is 2.68 bits per heavy atom. The Kier molecular flexibility index (Phi) is 4.22. The number of fused-ring (bicyclic) bond motifs is 1. The fraction of sp³-hybridized carbons (Fsp3) is 0.400. The Balaban J connectivity index is 2.60. The Labute approximate surface area is 113 Å². The van der Waals surface area contributed by atoms with E-state index in [1.165, 1.54) is 0 Å². The highest BCUT2D eigenvalue weighted by Crippen LogP contribution is 2.31. The molecular weight excluding hydrogens is 240 g/mol. The molecule has 1 heterocycles. The van der Waals surface area contributed by atoms with Crippen LogP contribution >= 0.6 is 0 Å². The average Bonchev–Trinajstić information content (AvgIpc) is 2.43. The molecule has 102 valence electrons. The molecule has 0 amide bonds. The number of hydrogen-bond acceptors (Lipinski definition) is 4. The van der Waals surface area contributed by atoms with Gasteiger partial charge < -0.3 is 14.7 Å². The fourth-order valence-corrected chi connectivity index (χ4v) is 2.29. The summed E-state index contributed by atoms with van der Waals surface area (Å²) in [5.74, 6) is 1.73. The van der Waals surface area contributed by atoms with Crippen molar-refractivity contribution in [2.24, 2.45) is 0 Å². The lowest BCUT2D eigenvalue weighted by atomic mass is 10.1. The van der Waals surface area contributed by atoms with Gasteiger partial charge in [-0.2, -0.15) is 0 Å². The van der Waals surface area contributed by atoms with Crippen LogP contribution in [0.15, 0.2) is 30.5 Å². The van der Waals surface area contributed by atoms with Crippen molar-refractivity contribution < 1.29 is 9.84 Å². The zero-order valence-electron chi connectivity index (χ0n) is 11.6. The molecule has 19 heavy (non-hydrogen) atoms. The van der Waals surface area contributed by atoms with Crippen LogP contribution in [0.4, 0.5) is 5.82 Å². The maximum atomic E-state index is 9.23. The van der Waals surface area contributed by atoms with Crippen molar-refractivity contribution in [3.63, 3.8) is 0 Å². The van der Waals surface area contributed by atoms with Crippen LogP contribution in [0.1, 0.15) is 13.8 Å². The lowest BCUT2D eigenvalue weighted by Crippen LogP contribution is -2.34. The monoisotopic (exact) mass is 260 g/mol. The zero-order chi connectivity index (χ0) is 13.8. The van der Waals surface area contributed by atoms with Crippen LogP contribution in [0.5, 0.6) is 5.75 Å². The number of aliphatic hydroxyl groups is 1. The van der Waals surface area contributed by atoms with Crippen molar-refractivity contribution in [3.8, 4) is 5.75 Å². The second-order valence-electron chi connectivity index (χ2n) is 4.70. The molecule has 0 aliphatic carbocycles. The Morgan fingerprint density at radius 1 is 1.26 bits per heavy atom. The standard InChI is InChI=1S/C15H20N2O2/c1-11(2)17(9-10-18)15-13-5-4-6-14(19-3)12(13)7-8-16-15/h4-8,11,18H,9-10H2,1-3H3. The summed E-state index contributed by atoms with van der Waals surface area (Å²) >= 11 is 0. The van der Waals surface area contributed by atoms with Gasteiger partial charge in [0.2, 0.25) is 0 Å². The average molecular weight is 260 g/mol. The van der Waals surface area contributed by atoms with E-state index in [0.717, 1.165) is 22.3 Å². The van der Waals surface area contributed by atoms with Crippen molar-refractivity contribution in [3.05, 3.63) is 30.5 Å². The molecule has 0 saturated carbocycles. The summed E-state index contributed by atoms with van der Waals surface area (Å²) in [5, 5.41) is 11.3. The van der Waals surface area contributed by atoms with Gasteiger partial charge >= 0.3 is 0 Å². The van der Waals surface area contributed by atoms with Crippen molar-refractivity contribution in [2.75, 3.05) is 25.2 Å². The van der Waals surface area contributed by atoms with Crippen LogP contribution < -0.4 is 9.64 Å². The molecule has 2 aromatic rings. The first-order chi connectivity index (χ1) is 9.19. The summed E-state index contributed by atoms with van der Waals surface area (Å²) in [6.45, 7) is 4.87. The summed E-state index contributed by atoms with van der Waals surface area (Å²) in [5.41, 5.74) is 0. The number of methoxy groups -OCH3 is 1. The number of aromatic nitrogens is 1. The summed E-state index contributed by atoms with van der Waals surface area (Å²) in [7, 11) is 1.67. The Morgan fingerprint density at radius 2 is 2.05 bits per heavy atom. The smallest absolute Gasteiger partial charge is 0.136 e. The van der Waals surface area contributed by atoms with E-state index in [1.807, 2.05) is 24.3 Å². The van der Waals surface area contributed by atoms with Gasteiger partial charge in [-0.25, -0.2) is 4.98 Å². The molecule has 1 N–H and O–H groups in total. The van der Waals surface area contributed by atoms with Gasteiger partial charge in [0.25, 0.3) is 0 Å². The van der Waals surface area contributed by atoms with E-state index in [-0.39, 0.29) is 12.6 Å². The Hall–Kier alpha value is -1.81. The molecule has 0 bridgehead atoms. The molecule has 0 aliphatic rings. The minimum absolute atomic E-state index is 0.111. The highest BCUT2D eigenvalue weighted by molar-refractivity contribution is 5.96. The minimum Gasteiger partial charge on any atom is -0.496 e. The molecule has 0 fully saturated rings. The van der Waals surface area contributed by atoms with Crippen LogP contribution in [-0.4, -0.2) is 36.4 Å². The summed E-state index contributed by atoms with van der Waals surface area (Å²) < 4.78 is 5.39. The van der Waals surface area contributed by atoms with E-state index in [1.54, 1.807) is 13.3 Å². The fourth-order valence-electron chi connectivity index (χ4n) is 2.29. The lowest BCUT2D eigenvalue weighted by Gasteiger charge is -2.28. The normalized spacial score (nSPS) is 11.0. The van der Waals surface area contributed by atoms with Crippen LogP contribution in [0, 0.1) is 0 Å². The Bertz CT molecular complexity index is 555. The number of ether oxygens (including phenoxy) is 1. The predicted octanol–water partition coefficient (Wildman–Crippen LogP) is 2.45. The van der Waals surface area contributed by atoms with Crippen LogP contribution in [0.25, 0.3) is 10.8 Å². The molecule has 0 radical (unpaired) electrons. The number of aliphatic hydroxyl groups excluding tert-OH is 1. The van der Waals surface area contributed by atoms with Gasteiger partial charge in [0, 0.05) is 29.6 Å². The van der Waals surface area contributed by atoms with Crippen molar-refractivity contribution in [1.29, 1.82) is 0 Å². The summed E-state index contributed by atoms with van der Waals surface area (Å²) in [4.78, 5) is 6.58. The third-order valence-electron chi connectivity index (χ3n) is 3.20. The molecular formula is C15H20N2O2. The molecule has 1 aromatic carbocycles. The second kappa shape index (κ2) is 5.89. The van der Waals surface area contributed by atoms with Gasteiger partial charge in [0.15, 0.2) is 0 Å². The molecule has 4 nitrogen and oxygen atoms in total. The summed E-state index contributed by atoms with van der Waals surface area (Å²) in [6.07, 6.45) is 1.78. The number of anilines is 1. The first-order valence-corrected chi connectivity index (χ1v) is 6.48. The largest absolute Gasteiger partial charge is 0.496 e. The zero-order valence-corrected chi connectivity index (χ0v) is 11.6. The number of pyridine rings is 1. The van der Waals surface area contributed by atoms with Crippen molar-refractivity contribution in [1.82, 2.24) is 4.98 Å². The van der Waals surface area contributed by atoms with E-state index in [2.05, 4.69) is 23.7 Å². The highest BCUT2D eigenvalue weighted by atomic mass is 16.5.